The maximum absolute atomic E-state index is 12.8. The highest BCUT2D eigenvalue weighted by atomic mass is 19.3. The number of phenols is 1. The van der Waals surface area contributed by atoms with Crippen molar-refractivity contribution in [3.05, 3.63) is 28.8 Å². The summed E-state index contributed by atoms with van der Waals surface area (Å²) in [4.78, 5) is 0. The van der Waals surface area contributed by atoms with Gasteiger partial charge >= 0.3 is 0 Å². The van der Waals surface area contributed by atoms with E-state index in [4.69, 9.17) is 0 Å². The van der Waals surface area contributed by atoms with Crippen molar-refractivity contribution in [1.29, 1.82) is 0 Å². The topological polar surface area (TPSA) is 32.3 Å². The zero-order chi connectivity index (χ0) is 12.4. The van der Waals surface area contributed by atoms with E-state index < -0.39 is 6.43 Å². The van der Waals surface area contributed by atoms with E-state index in [0.29, 0.717) is 11.5 Å². The molecule has 1 aliphatic rings. The lowest BCUT2D eigenvalue weighted by molar-refractivity contribution is 0.147. The third-order valence-corrected chi connectivity index (χ3v) is 3.40. The van der Waals surface area contributed by atoms with Gasteiger partial charge in [0.2, 0.25) is 0 Å². The molecule has 1 heterocycles. The van der Waals surface area contributed by atoms with E-state index in [0.717, 1.165) is 31.5 Å². The highest BCUT2D eigenvalue weighted by Gasteiger charge is 2.21. The molecule has 0 saturated carbocycles. The Bertz CT molecular complexity index is 401. The van der Waals surface area contributed by atoms with E-state index in [2.05, 4.69) is 5.32 Å². The minimum Gasteiger partial charge on any atom is -0.507 e. The Hall–Kier alpha value is -1.16. The summed E-state index contributed by atoms with van der Waals surface area (Å²) in [6, 6.07) is 3.29. The number of rotatable bonds is 2. The smallest absolute Gasteiger partial charge is 0.267 e. The third-order valence-electron chi connectivity index (χ3n) is 3.40. The van der Waals surface area contributed by atoms with E-state index in [1.54, 1.807) is 6.92 Å². The zero-order valence-electron chi connectivity index (χ0n) is 9.84. The number of piperidine rings is 1. The number of alkyl halides is 2. The Morgan fingerprint density at radius 3 is 2.53 bits per heavy atom. The molecule has 0 aliphatic carbocycles. The van der Waals surface area contributed by atoms with Gasteiger partial charge in [-0.2, -0.15) is 0 Å². The molecule has 2 N–H and O–H groups in total. The molecule has 17 heavy (non-hydrogen) atoms. The lowest BCUT2D eigenvalue weighted by Crippen LogP contribution is -2.26. The quantitative estimate of drug-likeness (QED) is 0.833. The Morgan fingerprint density at radius 2 is 1.94 bits per heavy atom. The molecule has 0 aromatic heterocycles. The fraction of sp³-hybridized carbons (Fsp3) is 0.538. The van der Waals surface area contributed by atoms with Crippen LogP contribution in [-0.4, -0.2) is 18.2 Å². The van der Waals surface area contributed by atoms with Crippen LogP contribution in [0.4, 0.5) is 8.78 Å². The second kappa shape index (κ2) is 5.00. The molecule has 2 nitrogen and oxygen atoms in total. The number of phenolic OH excluding ortho intramolecular Hbond substituents is 1. The number of hydrogen-bond donors (Lipinski definition) is 2. The van der Waals surface area contributed by atoms with Crippen molar-refractivity contribution >= 4 is 0 Å². The Morgan fingerprint density at radius 1 is 1.29 bits per heavy atom. The number of benzene rings is 1. The van der Waals surface area contributed by atoms with Gasteiger partial charge in [-0.3, -0.25) is 0 Å². The van der Waals surface area contributed by atoms with Crippen LogP contribution in [0.3, 0.4) is 0 Å². The average molecular weight is 241 g/mol. The van der Waals surface area contributed by atoms with Gasteiger partial charge in [-0.05, 0) is 56.0 Å². The number of hydrogen-bond acceptors (Lipinski definition) is 2. The number of halogens is 2. The molecule has 1 aromatic rings. The fourth-order valence-corrected chi connectivity index (χ4v) is 2.39. The molecule has 0 bridgehead atoms. The zero-order valence-corrected chi connectivity index (χ0v) is 9.84. The molecule has 1 aromatic carbocycles. The van der Waals surface area contributed by atoms with Gasteiger partial charge < -0.3 is 10.4 Å². The van der Waals surface area contributed by atoms with Crippen molar-refractivity contribution in [3.63, 3.8) is 0 Å². The molecule has 0 atom stereocenters. The molecule has 0 amide bonds. The lowest BCUT2D eigenvalue weighted by Gasteiger charge is -2.24. The van der Waals surface area contributed by atoms with Gasteiger partial charge in [0.15, 0.2) is 0 Å². The summed E-state index contributed by atoms with van der Waals surface area (Å²) in [7, 11) is 0. The number of aromatic hydroxyl groups is 1. The number of nitrogens with one attached hydrogen (secondary N) is 1. The average Bonchev–Trinajstić information content (AvgIpc) is 2.33. The minimum atomic E-state index is -2.62. The molecule has 0 unspecified atom stereocenters. The maximum Gasteiger partial charge on any atom is 0.267 e. The number of aryl methyl sites for hydroxylation is 1. The van der Waals surface area contributed by atoms with Gasteiger partial charge in [0.1, 0.15) is 5.75 Å². The summed E-state index contributed by atoms with van der Waals surface area (Å²) in [5.74, 6) is 0.0609. The molecular weight excluding hydrogens is 224 g/mol. The summed E-state index contributed by atoms with van der Waals surface area (Å²) in [6.07, 6.45) is -0.685. The monoisotopic (exact) mass is 241 g/mol. The third kappa shape index (κ3) is 2.57. The molecule has 0 radical (unpaired) electrons. The summed E-state index contributed by atoms with van der Waals surface area (Å²) < 4.78 is 25.6. The predicted molar refractivity (Wildman–Crippen MR) is 62.6 cm³/mol. The van der Waals surface area contributed by atoms with Gasteiger partial charge in [-0.25, -0.2) is 8.78 Å². The van der Waals surface area contributed by atoms with Crippen LogP contribution in [0.1, 0.15) is 41.9 Å². The van der Waals surface area contributed by atoms with E-state index in [1.165, 1.54) is 6.07 Å². The molecule has 94 valence electrons. The van der Waals surface area contributed by atoms with Crippen molar-refractivity contribution < 1.29 is 13.9 Å². The van der Waals surface area contributed by atoms with Crippen LogP contribution in [0.15, 0.2) is 12.1 Å². The van der Waals surface area contributed by atoms with Crippen LogP contribution in [0.5, 0.6) is 5.75 Å². The molecule has 1 saturated heterocycles. The van der Waals surface area contributed by atoms with Crippen molar-refractivity contribution in [2.24, 2.45) is 0 Å². The molecule has 1 aliphatic heterocycles. The maximum atomic E-state index is 12.8. The summed E-state index contributed by atoms with van der Waals surface area (Å²) in [5.41, 5.74) is 1.23. The van der Waals surface area contributed by atoms with E-state index >= 15 is 0 Å². The second-order valence-corrected chi connectivity index (χ2v) is 4.60. The normalized spacial score (nSPS) is 17.6. The van der Waals surface area contributed by atoms with E-state index in [1.807, 2.05) is 6.07 Å². The van der Waals surface area contributed by atoms with E-state index in [-0.39, 0.29) is 11.3 Å². The first-order valence-corrected chi connectivity index (χ1v) is 5.92. The van der Waals surface area contributed by atoms with Gasteiger partial charge in [0.05, 0.1) is 5.56 Å². The standard InChI is InChI=1S/C13H17F2NO/c1-8-6-10(9-2-4-16-5-3-9)7-11(12(8)17)13(14)15/h6-7,9,13,16-17H,2-5H2,1H3. The largest absolute Gasteiger partial charge is 0.507 e. The van der Waals surface area contributed by atoms with Gasteiger partial charge in [0.25, 0.3) is 6.43 Å². The highest BCUT2D eigenvalue weighted by Crippen LogP contribution is 2.36. The Kier molecular flexibility index (Phi) is 3.62. The van der Waals surface area contributed by atoms with Crippen LogP contribution >= 0.6 is 0 Å². The molecular formula is C13H17F2NO. The molecule has 2 rings (SSSR count). The Labute approximate surface area is 99.7 Å². The molecule has 4 heteroatoms. The van der Waals surface area contributed by atoms with Gasteiger partial charge in [0, 0.05) is 0 Å². The first-order chi connectivity index (χ1) is 8.09. The second-order valence-electron chi connectivity index (χ2n) is 4.60. The van der Waals surface area contributed by atoms with Crippen molar-refractivity contribution in [3.8, 4) is 5.75 Å². The van der Waals surface area contributed by atoms with Gasteiger partial charge in [-0.15, -0.1) is 0 Å². The van der Waals surface area contributed by atoms with Crippen LogP contribution in [0.2, 0.25) is 0 Å². The molecule has 0 spiro atoms. The summed E-state index contributed by atoms with van der Waals surface area (Å²) in [6.45, 7) is 3.52. The first-order valence-electron chi connectivity index (χ1n) is 5.92. The van der Waals surface area contributed by atoms with Crippen molar-refractivity contribution in [2.75, 3.05) is 13.1 Å². The van der Waals surface area contributed by atoms with Crippen LogP contribution in [0.25, 0.3) is 0 Å². The SMILES string of the molecule is Cc1cc(C2CCNCC2)cc(C(F)F)c1O. The highest BCUT2D eigenvalue weighted by molar-refractivity contribution is 5.44. The summed E-state index contributed by atoms with van der Waals surface area (Å²) in [5, 5.41) is 12.8. The predicted octanol–water partition coefficient (Wildman–Crippen LogP) is 3.11. The van der Waals surface area contributed by atoms with Crippen LogP contribution < -0.4 is 5.32 Å². The first kappa shape index (κ1) is 12.3. The Balaban J connectivity index is 2.34. The summed E-state index contributed by atoms with van der Waals surface area (Å²) >= 11 is 0. The van der Waals surface area contributed by atoms with Crippen molar-refractivity contribution in [1.82, 2.24) is 5.32 Å². The lowest BCUT2D eigenvalue weighted by atomic mass is 9.88. The minimum absolute atomic E-state index is 0.237. The van der Waals surface area contributed by atoms with Crippen LogP contribution in [-0.2, 0) is 0 Å². The molecule has 1 fully saturated rings. The van der Waals surface area contributed by atoms with Gasteiger partial charge in [-0.1, -0.05) is 6.07 Å². The van der Waals surface area contributed by atoms with E-state index in [9.17, 15) is 13.9 Å². The van der Waals surface area contributed by atoms with Crippen molar-refractivity contribution in [2.45, 2.75) is 32.1 Å². The van der Waals surface area contributed by atoms with Crippen LogP contribution in [0, 0.1) is 6.92 Å². The fourth-order valence-electron chi connectivity index (χ4n) is 2.39.